The molecule has 3 aromatic rings. The van der Waals surface area contributed by atoms with Crippen molar-refractivity contribution in [3.05, 3.63) is 58.5 Å². The molecule has 26 heavy (non-hydrogen) atoms. The summed E-state index contributed by atoms with van der Waals surface area (Å²) >= 11 is 0. The third-order valence-corrected chi connectivity index (χ3v) is 4.23. The smallest absolute Gasteiger partial charge is 0.266 e. The van der Waals surface area contributed by atoms with Crippen molar-refractivity contribution < 1.29 is 13.2 Å². The zero-order valence-electron chi connectivity index (χ0n) is 14.3. The number of unbranched alkanes of at least 4 members (excludes halogenated alkanes) is 2. The number of hydrogen-bond donors (Lipinski definition) is 0. The van der Waals surface area contributed by atoms with E-state index in [0.29, 0.717) is 11.9 Å². The highest BCUT2D eigenvalue weighted by Gasteiger charge is 2.14. The molecule has 4 nitrogen and oxygen atoms in total. The number of pyridine rings is 1. The molecule has 7 heteroatoms. The Balaban J connectivity index is 2.00. The predicted molar refractivity (Wildman–Crippen MR) is 93.7 cm³/mol. The van der Waals surface area contributed by atoms with Crippen molar-refractivity contribution in [1.82, 2.24) is 14.5 Å². The largest absolute Gasteiger partial charge is 0.315 e. The van der Waals surface area contributed by atoms with Gasteiger partial charge in [-0.15, -0.1) is 0 Å². The van der Waals surface area contributed by atoms with Crippen molar-refractivity contribution in [2.75, 3.05) is 0 Å². The predicted octanol–water partition coefficient (Wildman–Crippen LogP) is 4.73. The molecule has 0 saturated carbocycles. The minimum Gasteiger partial charge on any atom is -0.315 e. The molecular weight excluding hydrogens is 343 g/mol. The van der Waals surface area contributed by atoms with Crippen LogP contribution in [0.5, 0.6) is 0 Å². The Kier molecular flexibility index (Phi) is 5.35. The molecule has 1 aromatic carbocycles. The van der Waals surface area contributed by atoms with Crippen LogP contribution in [-0.4, -0.2) is 14.5 Å². The Hall–Kier alpha value is -2.70. The van der Waals surface area contributed by atoms with Crippen molar-refractivity contribution in [2.24, 2.45) is 0 Å². The van der Waals surface area contributed by atoms with Gasteiger partial charge in [0.25, 0.3) is 12.0 Å². The van der Waals surface area contributed by atoms with Crippen LogP contribution in [0.25, 0.3) is 22.2 Å². The lowest BCUT2D eigenvalue weighted by Crippen LogP contribution is -2.19. The highest BCUT2D eigenvalue weighted by molar-refractivity contribution is 5.85. The minimum atomic E-state index is -2.68. The van der Waals surface area contributed by atoms with Crippen molar-refractivity contribution in [3.63, 3.8) is 0 Å². The van der Waals surface area contributed by atoms with Crippen molar-refractivity contribution >= 4 is 10.8 Å². The number of fused-ring (bicyclic) bond motifs is 1. The van der Waals surface area contributed by atoms with Gasteiger partial charge in [-0.05, 0) is 30.0 Å². The first-order valence-electron chi connectivity index (χ1n) is 8.44. The molecule has 0 N–H and O–H groups in total. The van der Waals surface area contributed by atoms with Crippen LogP contribution in [0.1, 0.15) is 38.2 Å². The molecule has 0 spiro atoms. The number of benzene rings is 1. The standard InChI is InChI=1S/C19H18F3N3O/c1-2-3-4-6-25-7-5-12-8-15(16(20)9-14(12)19(25)26)18-23-10-13(11-24-18)17(21)22/h5,7-11,17H,2-4,6H2,1H3. The maximum Gasteiger partial charge on any atom is 0.266 e. The Morgan fingerprint density at radius 1 is 1.15 bits per heavy atom. The summed E-state index contributed by atoms with van der Waals surface area (Å²) in [6, 6.07) is 4.37. The van der Waals surface area contributed by atoms with E-state index in [2.05, 4.69) is 16.9 Å². The molecule has 0 unspecified atom stereocenters. The fourth-order valence-corrected chi connectivity index (χ4v) is 2.78. The lowest BCUT2D eigenvalue weighted by Gasteiger charge is -2.09. The number of aryl methyl sites for hydroxylation is 1. The van der Waals surface area contributed by atoms with Gasteiger partial charge in [0.15, 0.2) is 5.82 Å². The van der Waals surface area contributed by atoms with Crippen LogP contribution in [0.2, 0.25) is 0 Å². The van der Waals surface area contributed by atoms with E-state index in [1.54, 1.807) is 16.8 Å². The van der Waals surface area contributed by atoms with Crippen molar-refractivity contribution in [2.45, 2.75) is 39.2 Å². The van der Waals surface area contributed by atoms with Crippen LogP contribution in [0.3, 0.4) is 0 Å². The molecule has 0 atom stereocenters. The number of halogens is 3. The van der Waals surface area contributed by atoms with E-state index in [9.17, 15) is 18.0 Å². The van der Waals surface area contributed by atoms with Gasteiger partial charge >= 0.3 is 0 Å². The van der Waals surface area contributed by atoms with E-state index in [-0.39, 0.29) is 27.9 Å². The number of aromatic nitrogens is 3. The fraction of sp³-hybridized carbons (Fsp3) is 0.316. The molecule has 0 amide bonds. The summed E-state index contributed by atoms with van der Waals surface area (Å²) in [6.45, 7) is 2.67. The van der Waals surface area contributed by atoms with E-state index in [1.807, 2.05) is 0 Å². The number of nitrogens with zero attached hydrogens (tertiary/aromatic N) is 3. The van der Waals surface area contributed by atoms with Gasteiger partial charge in [-0.1, -0.05) is 19.8 Å². The first kappa shape index (κ1) is 18.1. The first-order chi connectivity index (χ1) is 12.5. The second-order valence-electron chi connectivity index (χ2n) is 6.08. The molecule has 0 saturated heterocycles. The van der Waals surface area contributed by atoms with E-state index in [0.717, 1.165) is 37.7 Å². The highest BCUT2D eigenvalue weighted by Crippen LogP contribution is 2.25. The van der Waals surface area contributed by atoms with Crippen LogP contribution >= 0.6 is 0 Å². The maximum absolute atomic E-state index is 14.5. The molecule has 2 heterocycles. The highest BCUT2D eigenvalue weighted by atomic mass is 19.3. The molecule has 0 aliphatic rings. The molecule has 0 radical (unpaired) electrons. The molecule has 0 aliphatic heterocycles. The molecule has 0 aliphatic carbocycles. The molecule has 136 valence electrons. The Morgan fingerprint density at radius 2 is 1.88 bits per heavy atom. The molecule has 2 aromatic heterocycles. The van der Waals surface area contributed by atoms with Crippen molar-refractivity contribution in [1.29, 1.82) is 0 Å². The Bertz CT molecular complexity index is 968. The number of alkyl halides is 2. The van der Waals surface area contributed by atoms with E-state index in [1.165, 1.54) is 6.07 Å². The summed E-state index contributed by atoms with van der Waals surface area (Å²) in [5, 5.41) is 0.828. The average molecular weight is 361 g/mol. The Morgan fingerprint density at radius 3 is 2.54 bits per heavy atom. The zero-order valence-corrected chi connectivity index (χ0v) is 14.3. The zero-order chi connectivity index (χ0) is 18.7. The van der Waals surface area contributed by atoms with Gasteiger partial charge in [-0.25, -0.2) is 23.1 Å². The second-order valence-corrected chi connectivity index (χ2v) is 6.08. The summed E-state index contributed by atoms with van der Waals surface area (Å²) in [5.74, 6) is -0.661. The first-order valence-corrected chi connectivity index (χ1v) is 8.44. The van der Waals surface area contributed by atoms with Gasteiger partial charge in [-0.2, -0.15) is 0 Å². The van der Waals surface area contributed by atoms with Crippen LogP contribution in [0.4, 0.5) is 13.2 Å². The molecule has 0 bridgehead atoms. The topological polar surface area (TPSA) is 47.8 Å². The summed E-state index contributed by atoms with van der Waals surface area (Å²) in [7, 11) is 0. The second kappa shape index (κ2) is 7.68. The van der Waals surface area contributed by atoms with Crippen molar-refractivity contribution in [3.8, 4) is 11.4 Å². The van der Waals surface area contributed by atoms with E-state index in [4.69, 9.17) is 0 Å². The third kappa shape index (κ3) is 3.61. The summed E-state index contributed by atoms with van der Waals surface area (Å²) in [6.07, 6.45) is 3.89. The lowest BCUT2D eigenvalue weighted by molar-refractivity contribution is 0.150. The normalized spacial score (nSPS) is 11.4. The summed E-state index contributed by atoms with van der Waals surface area (Å²) in [4.78, 5) is 20.2. The number of rotatable bonds is 6. The third-order valence-electron chi connectivity index (χ3n) is 4.23. The minimum absolute atomic E-state index is 0.000856. The summed E-state index contributed by atoms with van der Waals surface area (Å²) < 4.78 is 41.3. The van der Waals surface area contributed by atoms with Crippen LogP contribution < -0.4 is 5.56 Å². The van der Waals surface area contributed by atoms with Gasteiger partial charge in [0.1, 0.15) is 5.82 Å². The summed E-state index contributed by atoms with van der Waals surface area (Å²) in [5.41, 5.74) is -0.510. The Labute approximate surface area is 148 Å². The molecule has 0 fully saturated rings. The van der Waals surface area contributed by atoms with Crippen LogP contribution in [-0.2, 0) is 6.54 Å². The molecular formula is C19H18F3N3O. The average Bonchev–Trinajstić information content (AvgIpc) is 2.64. The van der Waals surface area contributed by atoms with Crippen LogP contribution in [0.15, 0.2) is 41.6 Å². The van der Waals surface area contributed by atoms with E-state index >= 15 is 0 Å². The maximum atomic E-state index is 14.5. The SMILES string of the molecule is CCCCCn1ccc2cc(-c3ncc(C(F)F)cn3)c(F)cc2c1=O. The van der Waals surface area contributed by atoms with Gasteiger partial charge in [0.2, 0.25) is 0 Å². The lowest BCUT2D eigenvalue weighted by atomic mass is 10.1. The number of hydrogen-bond acceptors (Lipinski definition) is 3. The van der Waals surface area contributed by atoms with Crippen LogP contribution in [0, 0.1) is 5.82 Å². The van der Waals surface area contributed by atoms with Gasteiger partial charge in [-0.3, -0.25) is 4.79 Å². The van der Waals surface area contributed by atoms with Gasteiger partial charge < -0.3 is 4.57 Å². The van der Waals surface area contributed by atoms with Gasteiger partial charge in [0, 0.05) is 25.1 Å². The molecule has 3 rings (SSSR count). The fourth-order valence-electron chi connectivity index (χ4n) is 2.78. The van der Waals surface area contributed by atoms with E-state index < -0.39 is 12.2 Å². The van der Waals surface area contributed by atoms with Gasteiger partial charge in [0.05, 0.1) is 16.5 Å². The quantitative estimate of drug-likeness (QED) is 0.597. The monoisotopic (exact) mass is 361 g/mol.